The summed E-state index contributed by atoms with van der Waals surface area (Å²) in [6, 6.07) is 2.32. The Balaban J connectivity index is 2.48. The average Bonchev–Trinajstić information content (AvgIpc) is 2.59. The van der Waals surface area contributed by atoms with Gasteiger partial charge in [0.25, 0.3) is 11.8 Å². The van der Waals surface area contributed by atoms with Gasteiger partial charge in [-0.3, -0.25) is 14.8 Å². The van der Waals surface area contributed by atoms with Crippen LogP contribution in [-0.2, 0) is 4.79 Å². The first-order valence-corrected chi connectivity index (χ1v) is 7.77. The molecule has 2 amide bonds. The largest absolute Gasteiger partial charge is 0.370 e. The van der Waals surface area contributed by atoms with E-state index in [4.69, 9.17) is 10.9 Å². The van der Waals surface area contributed by atoms with E-state index in [1.807, 2.05) is 0 Å². The number of pyridine rings is 1. The van der Waals surface area contributed by atoms with Crippen molar-refractivity contribution in [1.82, 2.24) is 15.8 Å². The van der Waals surface area contributed by atoms with Gasteiger partial charge in [0, 0.05) is 19.3 Å². The molecule has 1 heterocycles. The van der Waals surface area contributed by atoms with E-state index < -0.39 is 17.9 Å². The van der Waals surface area contributed by atoms with Gasteiger partial charge in [-0.25, -0.2) is 10.5 Å². The molecule has 0 aliphatic carbocycles. The number of hydrogen-bond donors (Lipinski definition) is 5. The number of anilines is 1. The van der Waals surface area contributed by atoms with Crippen molar-refractivity contribution in [2.24, 2.45) is 5.73 Å². The molecule has 8 nitrogen and oxygen atoms in total. The van der Waals surface area contributed by atoms with Crippen LogP contribution < -0.4 is 21.8 Å². The van der Waals surface area contributed by atoms with Crippen molar-refractivity contribution in [2.75, 3.05) is 18.4 Å². The molecule has 6 N–H and O–H groups in total. The van der Waals surface area contributed by atoms with Gasteiger partial charge in [0.1, 0.15) is 11.9 Å². The second-order valence-electron chi connectivity index (χ2n) is 5.16. The number of carbonyl (C=O) groups excluding carboxylic acids is 2. The van der Waals surface area contributed by atoms with Crippen LogP contribution in [0.3, 0.4) is 0 Å². The normalized spacial score (nSPS) is 11.6. The van der Waals surface area contributed by atoms with Crippen molar-refractivity contribution in [1.29, 1.82) is 0 Å². The molecule has 128 valence electrons. The number of aromatic nitrogens is 1. The molecule has 0 aromatic carbocycles. The van der Waals surface area contributed by atoms with Crippen LogP contribution in [-0.4, -0.2) is 41.1 Å². The summed E-state index contributed by atoms with van der Waals surface area (Å²) in [6.07, 6.45) is 6.09. The smallest absolute Gasteiger partial charge is 0.267 e. The lowest BCUT2D eigenvalue weighted by molar-refractivity contribution is -0.130. The third-order valence-electron chi connectivity index (χ3n) is 3.33. The lowest BCUT2D eigenvalue weighted by Crippen LogP contribution is -2.50. The van der Waals surface area contributed by atoms with Crippen molar-refractivity contribution in [3.05, 3.63) is 23.9 Å². The van der Waals surface area contributed by atoms with Gasteiger partial charge in [0.15, 0.2) is 0 Å². The van der Waals surface area contributed by atoms with E-state index in [9.17, 15) is 9.59 Å². The maximum absolute atomic E-state index is 12.0. The van der Waals surface area contributed by atoms with Gasteiger partial charge < -0.3 is 16.4 Å². The molecule has 0 unspecified atom stereocenters. The molecule has 0 saturated carbocycles. The molecule has 0 spiro atoms. The first kappa shape index (κ1) is 18.9. The standard InChI is InChI=1S/C15H25N5O3/c1-2-3-4-5-8-17-13-7-6-11(10-18-13)14(21)19-12(9-16)15(22)20-23/h6-7,10,12,23H,2-5,8-9,16H2,1H3,(H,17,18)(H,19,21)(H,20,22)/t12-/m0/s1. The lowest BCUT2D eigenvalue weighted by Gasteiger charge is -2.14. The van der Waals surface area contributed by atoms with E-state index in [-0.39, 0.29) is 6.54 Å². The topological polar surface area (TPSA) is 129 Å². The quantitative estimate of drug-likeness (QED) is 0.244. The van der Waals surface area contributed by atoms with Crippen LogP contribution >= 0.6 is 0 Å². The Kier molecular flexibility index (Phi) is 8.63. The minimum atomic E-state index is -0.996. The van der Waals surface area contributed by atoms with Gasteiger partial charge in [-0.15, -0.1) is 0 Å². The fraction of sp³-hybridized carbons (Fsp3) is 0.533. The molecule has 0 saturated heterocycles. The highest BCUT2D eigenvalue weighted by Gasteiger charge is 2.19. The zero-order valence-electron chi connectivity index (χ0n) is 13.3. The summed E-state index contributed by atoms with van der Waals surface area (Å²) >= 11 is 0. The maximum Gasteiger partial charge on any atom is 0.267 e. The number of nitrogens with two attached hydrogens (primary N) is 1. The van der Waals surface area contributed by atoms with Crippen molar-refractivity contribution in [2.45, 2.75) is 38.6 Å². The van der Waals surface area contributed by atoms with Gasteiger partial charge in [-0.1, -0.05) is 26.2 Å². The number of hydroxylamine groups is 1. The van der Waals surface area contributed by atoms with Gasteiger partial charge >= 0.3 is 0 Å². The molecule has 0 aliphatic heterocycles. The first-order valence-electron chi connectivity index (χ1n) is 7.77. The highest BCUT2D eigenvalue weighted by Crippen LogP contribution is 2.06. The molecule has 1 atom stereocenters. The molecule has 0 fully saturated rings. The number of nitrogens with zero attached hydrogens (tertiary/aromatic N) is 1. The molecule has 1 aromatic heterocycles. The van der Waals surface area contributed by atoms with Crippen LogP contribution in [0, 0.1) is 0 Å². The van der Waals surface area contributed by atoms with Crippen LogP contribution in [0.5, 0.6) is 0 Å². The fourth-order valence-corrected chi connectivity index (χ4v) is 1.95. The molecule has 1 aromatic rings. The van der Waals surface area contributed by atoms with E-state index >= 15 is 0 Å². The number of unbranched alkanes of at least 4 members (excludes halogenated alkanes) is 3. The van der Waals surface area contributed by atoms with Crippen molar-refractivity contribution in [3.63, 3.8) is 0 Å². The van der Waals surface area contributed by atoms with E-state index in [2.05, 4.69) is 22.5 Å². The summed E-state index contributed by atoms with van der Waals surface area (Å²) < 4.78 is 0. The Hall–Kier alpha value is -2.19. The Morgan fingerprint density at radius 1 is 1.30 bits per heavy atom. The number of hydrogen-bond acceptors (Lipinski definition) is 6. The molecule has 0 radical (unpaired) electrons. The highest BCUT2D eigenvalue weighted by atomic mass is 16.5. The summed E-state index contributed by atoms with van der Waals surface area (Å²) in [7, 11) is 0. The summed E-state index contributed by atoms with van der Waals surface area (Å²) in [5.74, 6) is -0.549. The minimum Gasteiger partial charge on any atom is -0.370 e. The number of amides is 2. The van der Waals surface area contributed by atoms with E-state index in [0.717, 1.165) is 13.0 Å². The van der Waals surface area contributed by atoms with Gasteiger partial charge in [0.2, 0.25) is 0 Å². The zero-order chi connectivity index (χ0) is 17.1. The van der Waals surface area contributed by atoms with Crippen molar-refractivity contribution < 1.29 is 14.8 Å². The van der Waals surface area contributed by atoms with Crippen LogP contribution in [0.15, 0.2) is 18.3 Å². The SMILES string of the molecule is CCCCCCNc1ccc(C(=O)N[C@@H](CN)C(=O)NO)cn1. The first-order chi connectivity index (χ1) is 11.1. The summed E-state index contributed by atoms with van der Waals surface area (Å²) in [5.41, 5.74) is 7.15. The van der Waals surface area contributed by atoms with Crippen molar-refractivity contribution >= 4 is 17.6 Å². The molecule has 0 aliphatic rings. The number of rotatable bonds is 10. The Morgan fingerprint density at radius 3 is 2.65 bits per heavy atom. The average molecular weight is 323 g/mol. The molecule has 1 rings (SSSR count). The molecular formula is C15H25N5O3. The summed E-state index contributed by atoms with van der Waals surface area (Å²) in [6.45, 7) is 2.88. The highest BCUT2D eigenvalue weighted by molar-refractivity contribution is 5.97. The second-order valence-corrected chi connectivity index (χ2v) is 5.16. The summed E-state index contributed by atoms with van der Waals surface area (Å²) in [5, 5.41) is 14.2. The third-order valence-corrected chi connectivity index (χ3v) is 3.33. The van der Waals surface area contributed by atoms with E-state index in [1.54, 1.807) is 12.1 Å². The molecule has 8 heteroatoms. The monoisotopic (exact) mass is 323 g/mol. The predicted octanol–water partition coefficient (Wildman–Crippen LogP) is 0.636. The van der Waals surface area contributed by atoms with E-state index in [0.29, 0.717) is 11.4 Å². The van der Waals surface area contributed by atoms with Crippen LogP contribution in [0.25, 0.3) is 0 Å². The van der Waals surface area contributed by atoms with E-state index in [1.165, 1.54) is 30.9 Å². The lowest BCUT2D eigenvalue weighted by atomic mass is 10.2. The zero-order valence-corrected chi connectivity index (χ0v) is 13.3. The van der Waals surface area contributed by atoms with Gasteiger partial charge in [0.05, 0.1) is 5.56 Å². The van der Waals surface area contributed by atoms with Crippen LogP contribution in [0.1, 0.15) is 43.0 Å². The van der Waals surface area contributed by atoms with Crippen LogP contribution in [0.4, 0.5) is 5.82 Å². The molecule has 0 bridgehead atoms. The number of nitrogens with one attached hydrogen (secondary N) is 3. The van der Waals surface area contributed by atoms with Gasteiger partial charge in [-0.2, -0.15) is 0 Å². The Labute approximate surface area is 135 Å². The number of carbonyl (C=O) groups is 2. The molecule has 23 heavy (non-hydrogen) atoms. The predicted molar refractivity (Wildman–Crippen MR) is 87.1 cm³/mol. The Bertz CT molecular complexity index is 492. The summed E-state index contributed by atoms with van der Waals surface area (Å²) in [4.78, 5) is 27.4. The Morgan fingerprint density at radius 2 is 2.09 bits per heavy atom. The fourth-order valence-electron chi connectivity index (χ4n) is 1.95. The van der Waals surface area contributed by atoms with Crippen molar-refractivity contribution in [3.8, 4) is 0 Å². The van der Waals surface area contributed by atoms with Crippen LogP contribution in [0.2, 0.25) is 0 Å². The maximum atomic E-state index is 12.0. The van der Waals surface area contributed by atoms with Gasteiger partial charge in [-0.05, 0) is 18.6 Å². The second kappa shape index (κ2) is 10.5. The third kappa shape index (κ3) is 6.62. The minimum absolute atomic E-state index is 0.122. The molecular weight excluding hydrogens is 298 g/mol.